The molecule has 0 aliphatic carbocycles. The van der Waals surface area contributed by atoms with Crippen LogP contribution in [0, 0.1) is 0 Å². The van der Waals surface area contributed by atoms with E-state index < -0.39 is 5.97 Å². The van der Waals surface area contributed by atoms with Gasteiger partial charge in [0.25, 0.3) is 0 Å². The smallest absolute Gasteiger partial charge is 0.339 e. The van der Waals surface area contributed by atoms with Gasteiger partial charge in [0.05, 0.1) is 11.0 Å². The number of carboxylic acids is 1. The summed E-state index contributed by atoms with van der Waals surface area (Å²) in [5, 5.41) is 15.2. The highest BCUT2D eigenvalue weighted by molar-refractivity contribution is 7.15. The first-order chi connectivity index (χ1) is 15.9. The van der Waals surface area contributed by atoms with E-state index in [0.717, 1.165) is 22.9 Å². The molecule has 0 saturated heterocycles. The van der Waals surface area contributed by atoms with E-state index in [2.05, 4.69) is 16.9 Å². The Balaban J connectivity index is 0.000000209. The van der Waals surface area contributed by atoms with Crippen molar-refractivity contribution < 1.29 is 14.7 Å². The molecule has 2 heterocycles. The summed E-state index contributed by atoms with van der Waals surface area (Å²) in [6.45, 7) is 3.94. The zero-order valence-electron chi connectivity index (χ0n) is 18.3. The molecule has 0 fully saturated rings. The summed E-state index contributed by atoms with van der Waals surface area (Å²) in [5.74, 6) is -0.461. The van der Waals surface area contributed by atoms with Crippen molar-refractivity contribution in [3.8, 4) is 11.1 Å². The number of nitrogens with two attached hydrogens (primary N) is 1. The predicted molar refractivity (Wildman–Crippen MR) is 137 cm³/mol. The highest BCUT2D eigenvalue weighted by Crippen LogP contribution is 2.35. The second-order valence-corrected chi connectivity index (χ2v) is 7.89. The zero-order valence-corrected chi connectivity index (χ0v) is 19.9. The third-order valence-electron chi connectivity index (χ3n) is 4.48. The number of hydrogen-bond acceptors (Lipinski definition) is 6. The number of aromatic nitrogens is 2. The predicted octanol–water partition coefficient (Wildman–Crippen LogP) is 5.33. The van der Waals surface area contributed by atoms with Crippen LogP contribution in [0.3, 0.4) is 0 Å². The van der Waals surface area contributed by atoms with E-state index in [-0.39, 0.29) is 0 Å². The molecule has 4 rings (SSSR count). The third kappa shape index (κ3) is 6.52. The standard InChI is InChI=1S/C12H10ClNO2S.C9H8N2O.C3H7N/c1-14-11-10(12(15)16)9(6-17-11)7-2-4-8(13)5-3-7;1-11-8-5-3-2-4-7(8)10-9(11)6-12;1-2-3-4/h2-6,14H,1H3,(H,15,16);2-6H,1H3;2H,1,3-4H2. The SMILES string of the molecule is C=CCN.CNc1scc(-c2ccc(Cl)cc2)c1C(=O)O.Cn1c(C=O)nc2ccccc21. The number of imidazole rings is 1. The van der Waals surface area contributed by atoms with Crippen molar-refractivity contribution in [1.29, 1.82) is 0 Å². The number of rotatable bonds is 5. The largest absolute Gasteiger partial charge is 0.478 e. The number of carbonyl (C=O) groups excluding carboxylic acids is 1. The number of anilines is 1. The molecule has 0 atom stereocenters. The number of nitrogens with one attached hydrogen (secondary N) is 1. The maximum Gasteiger partial charge on any atom is 0.339 e. The number of thiophene rings is 1. The molecule has 0 radical (unpaired) electrons. The number of halogens is 1. The van der Waals surface area contributed by atoms with Crippen LogP contribution in [-0.4, -0.2) is 40.5 Å². The molecule has 172 valence electrons. The molecule has 0 aliphatic rings. The van der Waals surface area contributed by atoms with Crippen molar-refractivity contribution in [3.63, 3.8) is 0 Å². The topological polar surface area (TPSA) is 110 Å². The number of fused-ring (bicyclic) bond motifs is 1. The Hall–Kier alpha value is -3.46. The summed E-state index contributed by atoms with van der Waals surface area (Å²) in [7, 11) is 3.54. The Kier molecular flexibility index (Phi) is 9.81. The van der Waals surface area contributed by atoms with Crippen molar-refractivity contribution in [1.82, 2.24) is 9.55 Å². The molecule has 2 aromatic heterocycles. The van der Waals surface area contributed by atoms with E-state index in [9.17, 15) is 14.7 Å². The Morgan fingerprint density at radius 3 is 2.42 bits per heavy atom. The molecular weight excluding hydrogens is 460 g/mol. The Morgan fingerprint density at radius 1 is 1.27 bits per heavy atom. The molecule has 4 N–H and O–H groups in total. The average molecular weight is 485 g/mol. The first-order valence-corrected chi connectivity index (χ1v) is 11.1. The molecule has 9 heteroatoms. The number of aryl methyl sites for hydroxylation is 1. The Labute approximate surface area is 201 Å². The number of carbonyl (C=O) groups is 2. The number of hydrogen-bond donors (Lipinski definition) is 3. The second-order valence-electron chi connectivity index (χ2n) is 6.58. The van der Waals surface area contributed by atoms with Gasteiger partial charge in [-0.05, 0) is 29.8 Å². The van der Waals surface area contributed by atoms with Crippen LogP contribution in [0.2, 0.25) is 5.02 Å². The molecule has 0 spiro atoms. The van der Waals surface area contributed by atoms with Crippen LogP contribution in [0.25, 0.3) is 22.2 Å². The molecule has 0 amide bonds. The first-order valence-electron chi connectivity index (χ1n) is 9.83. The zero-order chi connectivity index (χ0) is 24.4. The average Bonchev–Trinajstić information content (AvgIpc) is 3.41. The van der Waals surface area contributed by atoms with E-state index in [4.69, 9.17) is 17.3 Å². The molecular formula is C24H25ClN4O3S. The van der Waals surface area contributed by atoms with Crippen molar-refractivity contribution in [2.45, 2.75) is 0 Å². The van der Waals surface area contributed by atoms with E-state index in [0.29, 0.717) is 33.5 Å². The van der Waals surface area contributed by atoms with Gasteiger partial charge in [-0.1, -0.05) is 41.9 Å². The van der Waals surface area contributed by atoms with Gasteiger partial charge in [-0.25, -0.2) is 9.78 Å². The van der Waals surface area contributed by atoms with Crippen LogP contribution in [0.4, 0.5) is 5.00 Å². The van der Waals surface area contributed by atoms with Gasteiger partial charge in [-0.2, -0.15) is 0 Å². The Morgan fingerprint density at radius 2 is 1.91 bits per heavy atom. The van der Waals surface area contributed by atoms with E-state index in [1.165, 1.54) is 11.3 Å². The quantitative estimate of drug-likeness (QED) is 0.261. The summed E-state index contributed by atoms with van der Waals surface area (Å²) in [5.41, 5.74) is 8.63. The summed E-state index contributed by atoms with van der Waals surface area (Å²) in [6, 6.07) is 14.8. The maximum absolute atomic E-state index is 11.2. The van der Waals surface area contributed by atoms with Gasteiger partial charge in [0.1, 0.15) is 10.6 Å². The highest BCUT2D eigenvalue weighted by atomic mass is 35.5. The highest BCUT2D eigenvalue weighted by Gasteiger charge is 2.18. The molecule has 33 heavy (non-hydrogen) atoms. The molecule has 2 aromatic carbocycles. The lowest BCUT2D eigenvalue weighted by Crippen LogP contribution is -2.00. The van der Waals surface area contributed by atoms with Gasteiger partial charge in [-0.15, -0.1) is 17.9 Å². The molecule has 0 unspecified atom stereocenters. The molecule has 0 aliphatic heterocycles. The summed E-state index contributed by atoms with van der Waals surface area (Å²) >= 11 is 7.19. The van der Waals surface area contributed by atoms with E-state index in [1.807, 2.05) is 48.8 Å². The minimum atomic E-state index is -0.930. The third-order valence-corrected chi connectivity index (χ3v) is 5.73. The van der Waals surface area contributed by atoms with Gasteiger partial charge in [-0.3, -0.25) is 4.79 Å². The lowest BCUT2D eigenvalue weighted by atomic mass is 10.0. The number of carboxylic acid groups (broad SMARTS) is 1. The van der Waals surface area contributed by atoms with Gasteiger partial charge in [0.2, 0.25) is 0 Å². The lowest BCUT2D eigenvalue weighted by molar-refractivity contribution is 0.0699. The summed E-state index contributed by atoms with van der Waals surface area (Å²) in [4.78, 5) is 25.9. The van der Waals surface area contributed by atoms with Gasteiger partial charge >= 0.3 is 5.97 Å². The van der Waals surface area contributed by atoms with Crippen molar-refractivity contribution in [3.05, 3.63) is 83.0 Å². The van der Waals surface area contributed by atoms with Crippen LogP contribution in [0.5, 0.6) is 0 Å². The molecule has 0 saturated carbocycles. The molecule has 7 nitrogen and oxygen atoms in total. The van der Waals surface area contributed by atoms with Crippen molar-refractivity contribution in [2.24, 2.45) is 12.8 Å². The Bertz CT molecular complexity index is 1230. The number of aromatic carboxylic acids is 1. The van der Waals surface area contributed by atoms with Crippen LogP contribution in [-0.2, 0) is 7.05 Å². The fourth-order valence-electron chi connectivity index (χ4n) is 2.87. The maximum atomic E-state index is 11.2. The number of benzene rings is 2. The van der Waals surface area contributed by atoms with E-state index in [1.54, 1.807) is 29.8 Å². The van der Waals surface area contributed by atoms with Crippen molar-refractivity contribution >= 4 is 51.2 Å². The van der Waals surface area contributed by atoms with Gasteiger partial charge in [0, 0.05) is 36.6 Å². The van der Waals surface area contributed by atoms with Gasteiger partial charge in [0.15, 0.2) is 12.1 Å². The molecule has 4 aromatic rings. The second kappa shape index (κ2) is 12.5. The summed E-state index contributed by atoms with van der Waals surface area (Å²) < 4.78 is 1.78. The van der Waals surface area contributed by atoms with Crippen LogP contribution >= 0.6 is 22.9 Å². The number of nitrogens with zero attached hydrogens (tertiary/aromatic N) is 2. The first kappa shape index (κ1) is 25.8. The number of aldehydes is 1. The normalized spacial score (nSPS) is 9.82. The number of para-hydroxylation sites is 2. The lowest BCUT2D eigenvalue weighted by Gasteiger charge is -2.03. The van der Waals surface area contributed by atoms with Gasteiger partial charge < -0.3 is 20.7 Å². The molecule has 0 bridgehead atoms. The van der Waals surface area contributed by atoms with E-state index >= 15 is 0 Å². The minimum Gasteiger partial charge on any atom is -0.478 e. The van der Waals surface area contributed by atoms with Crippen molar-refractivity contribution in [2.75, 3.05) is 18.9 Å². The fraction of sp³-hybridized carbons (Fsp3) is 0.125. The monoisotopic (exact) mass is 484 g/mol. The fourth-order valence-corrected chi connectivity index (χ4v) is 3.91. The van der Waals surface area contributed by atoms with Crippen LogP contribution < -0.4 is 11.1 Å². The van der Waals surface area contributed by atoms with Crippen LogP contribution in [0.15, 0.2) is 66.6 Å². The minimum absolute atomic E-state index is 0.305. The van der Waals surface area contributed by atoms with Crippen LogP contribution in [0.1, 0.15) is 21.0 Å². The summed E-state index contributed by atoms with van der Waals surface area (Å²) in [6.07, 6.45) is 2.42.